The van der Waals surface area contributed by atoms with Crippen LogP contribution in [0.2, 0.25) is 0 Å². The molecule has 0 saturated heterocycles. The molecule has 0 atom stereocenters. The summed E-state index contributed by atoms with van der Waals surface area (Å²) in [4.78, 5) is 1.22. The van der Waals surface area contributed by atoms with Crippen molar-refractivity contribution < 1.29 is 0 Å². The lowest BCUT2D eigenvalue weighted by atomic mass is 10.2. The number of hydrogen-bond donors (Lipinski definition) is 2. The van der Waals surface area contributed by atoms with Crippen molar-refractivity contribution in [3.63, 3.8) is 0 Å². The van der Waals surface area contributed by atoms with Crippen LogP contribution < -0.4 is 11.3 Å². The van der Waals surface area contributed by atoms with Gasteiger partial charge in [0.25, 0.3) is 5.95 Å². The first-order valence-corrected chi connectivity index (χ1v) is 6.10. The number of nitrogens with two attached hydrogens (primary N) is 1. The molecule has 6 nitrogen and oxygen atoms in total. The lowest BCUT2D eigenvalue weighted by Gasteiger charge is -1.98. The quantitative estimate of drug-likeness (QED) is 0.386. The zero-order valence-electron chi connectivity index (χ0n) is 9.65. The molecule has 0 spiro atoms. The second kappa shape index (κ2) is 6.87. The molecule has 0 unspecified atom stereocenters. The SMILES string of the molecule is CSc1ccc(/C=N\Nc2nncn2N)cc1.Cl. The Bertz CT molecular complexity index is 509. The topological polar surface area (TPSA) is 81.1 Å². The Morgan fingerprint density at radius 3 is 2.67 bits per heavy atom. The van der Waals surface area contributed by atoms with E-state index in [0.29, 0.717) is 5.95 Å². The molecule has 0 radical (unpaired) electrons. The second-order valence-corrected chi connectivity index (χ2v) is 4.08. The van der Waals surface area contributed by atoms with E-state index in [4.69, 9.17) is 5.84 Å². The third-order valence-corrected chi connectivity index (χ3v) is 2.81. The molecule has 2 aromatic rings. The first-order chi connectivity index (χ1) is 8.29. The highest BCUT2D eigenvalue weighted by Gasteiger charge is 1.96. The van der Waals surface area contributed by atoms with Gasteiger partial charge in [-0.25, -0.2) is 10.1 Å². The molecule has 18 heavy (non-hydrogen) atoms. The van der Waals surface area contributed by atoms with Gasteiger partial charge in [0.1, 0.15) is 6.33 Å². The molecule has 8 heteroatoms. The number of rotatable bonds is 4. The first kappa shape index (κ1) is 14.3. The Labute approximate surface area is 115 Å². The van der Waals surface area contributed by atoms with E-state index >= 15 is 0 Å². The molecule has 0 aliphatic carbocycles. The molecule has 1 heterocycles. The van der Waals surface area contributed by atoms with Crippen molar-refractivity contribution in [2.75, 3.05) is 17.5 Å². The molecule has 0 fully saturated rings. The van der Waals surface area contributed by atoms with Crippen LogP contribution in [0.1, 0.15) is 5.56 Å². The summed E-state index contributed by atoms with van der Waals surface area (Å²) in [5, 5.41) is 11.4. The van der Waals surface area contributed by atoms with Gasteiger partial charge in [-0.05, 0) is 24.0 Å². The number of halogens is 1. The number of nitrogen functional groups attached to an aromatic ring is 1. The molecular formula is C10H13ClN6S. The van der Waals surface area contributed by atoms with Crippen LogP contribution in [0, 0.1) is 0 Å². The largest absolute Gasteiger partial charge is 0.335 e. The summed E-state index contributed by atoms with van der Waals surface area (Å²) in [6.45, 7) is 0. The van der Waals surface area contributed by atoms with Gasteiger partial charge in [-0.15, -0.1) is 34.4 Å². The normalized spacial score (nSPS) is 10.3. The minimum Gasteiger partial charge on any atom is -0.335 e. The molecule has 0 aliphatic rings. The lowest BCUT2D eigenvalue weighted by Crippen LogP contribution is -2.10. The van der Waals surface area contributed by atoms with E-state index in [-0.39, 0.29) is 12.4 Å². The van der Waals surface area contributed by atoms with Gasteiger partial charge in [0.05, 0.1) is 6.21 Å². The van der Waals surface area contributed by atoms with Crippen molar-refractivity contribution in [3.05, 3.63) is 36.2 Å². The summed E-state index contributed by atoms with van der Waals surface area (Å²) in [6.07, 6.45) is 5.13. The number of hydrogen-bond acceptors (Lipinski definition) is 6. The molecule has 1 aromatic carbocycles. The van der Waals surface area contributed by atoms with E-state index in [9.17, 15) is 0 Å². The summed E-state index contributed by atoms with van der Waals surface area (Å²) < 4.78 is 1.26. The summed E-state index contributed by atoms with van der Waals surface area (Å²) in [6, 6.07) is 8.06. The van der Waals surface area contributed by atoms with Crippen molar-refractivity contribution in [2.45, 2.75) is 4.90 Å². The van der Waals surface area contributed by atoms with Crippen LogP contribution in [-0.4, -0.2) is 27.3 Å². The molecule has 2 rings (SSSR count). The minimum absolute atomic E-state index is 0. The second-order valence-electron chi connectivity index (χ2n) is 3.20. The Morgan fingerprint density at radius 1 is 1.39 bits per heavy atom. The van der Waals surface area contributed by atoms with Crippen molar-refractivity contribution >= 4 is 36.3 Å². The van der Waals surface area contributed by atoms with Gasteiger partial charge in [0.2, 0.25) is 0 Å². The number of hydrazone groups is 1. The Hall–Kier alpha value is -1.73. The fraction of sp³-hybridized carbons (Fsp3) is 0.100. The predicted molar refractivity (Wildman–Crippen MR) is 76.9 cm³/mol. The average Bonchev–Trinajstić information content (AvgIpc) is 2.76. The van der Waals surface area contributed by atoms with Crippen molar-refractivity contribution in [2.24, 2.45) is 5.10 Å². The van der Waals surface area contributed by atoms with Crippen LogP contribution in [0.4, 0.5) is 5.95 Å². The molecule has 0 bridgehead atoms. The highest BCUT2D eigenvalue weighted by Crippen LogP contribution is 2.13. The van der Waals surface area contributed by atoms with Crippen LogP contribution >= 0.6 is 24.2 Å². The molecule has 0 amide bonds. The zero-order valence-corrected chi connectivity index (χ0v) is 11.3. The first-order valence-electron chi connectivity index (χ1n) is 4.88. The van der Waals surface area contributed by atoms with Gasteiger partial charge in [-0.3, -0.25) is 0 Å². The number of nitrogens with one attached hydrogen (secondary N) is 1. The molecule has 0 saturated carbocycles. The third-order valence-electron chi connectivity index (χ3n) is 2.07. The number of aromatic nitrogens is 3. The minimum atomic E-state index is 0. The van der Waals surface area contributed by atoms with Gasteiger partial charge in [-0.2, -0.15) is 5.10 Å². The Balaban J connectivity index is 0.00000162. The van der Waals surface area contributed by atoms with E-state index < -0.39 is 0 Å². The van der Waals surface area contributed by atoms with E-state index in [2.05, 4.69) is 20.7 Å². The standard InChI is InChI=1S/C10H12N6S.ClH/c1-17-9-4-2-8(3-5-9)6-12-14-10-15-13-7-16(10)11;/h2-7H,11H2,1H3,(H,14,15);1H/b12-6-;. The maximum absolute atomic E-state index is 5.51. The fourth-order valence-corrected chi connectivity index (χ4v) is 1.59. The van der Waals surface area contributed by atoms with E-state index in [1.165, 1.54) is 15.9 Å². The van der Waals surface area contributed by atoms with E-state index in [1.807, 2.05) is 30.5 Å². The van der Waals surface area contributed by atoms with Crippen LogP contribution in [0.25, 0.3) is 0 Å². The van der Waals surface area contributed by atoms with Crippen molar-refractivity contribution in [3.8, 4) is 0 Å². The van der Waals surface area contributed by atoms with E-state index in [1.54, 1.807) is 18.0 Å². The lowest BCUT2D eigenvalue weighted by molar-refractivity contribution is 0.988. The van der Waals surface area contributed by atoms with Crippen LogP contribution in [0.3, 0.4) is 0 Å². The number of thioether (sulfide) groups is 1. The highest BCUT2D eigenvalue weighted by atomic mass is 35.5. The van der Waals surface area contributed by atoms with Crippen molar-refractivity contribution in [1.29, 1.82) is 0 Å². The smallest absolute Gasteiger partial charge is 0.263 e. The average molecular weight is 285 g/mol. The monoisotopic (exact) mass is 284 g/mol. The Morgan fingerprint density at radius 2 is 2.11 bits per heavy atom. The van der Waals surface area contributed by atoms with Gasteiger partial charge in [0.15, 0.2) is 0 Å². The third kappa shape index (κ3) is 3.64. The van der Waals surface area contributed by atoms with Crippen LogP contribution in [-0.2, 0) is 0 Å². The van der Waals surface area contributed by atoms with Gasteiger partial charge in [0, 0.05) is 4.90 Å². The Kier molecular flexibility index (Phi) is 5.47. The molecule has 96 valence electrons. The number of nitrogens with zero attached hydrogens (tertiary/aromatic N) is 4. The summed E-state index contributed by atoms with van der Waals surface area (Å²) in [5.41, 5.74) is 3.70. The molecular weight excluding hydrogens is 272 g/mol. The fourth-order valence-electron chi connectivity index (χ4n) is 1.18. The van der Waals surface area contributed by atoms with Gasteiger partial charge in [-0.1, -0.05) is 12.1 Å². The predicted octanol–water partition coefficient (Wildman–Crippen LogP) is 1.58. The summed E-state index contributed by atoms with van der Waals surface area (Å²) in [7, 11) is 0. The highest BCUT2D eigenvalue weighted by molar-refractivity contribution is 7.98. The summed E-state index contributed by atoms with van der Waals surface area (Å²) in [5.74, 6) is 5.90. The van der Waals surface area contributed by atoms with Gasteiger partial charge < -0.3 is 5.84 Å². The van der Waals surface area contributed by atoms with E-state index in [0.717, 1.165) is 5.56 Å². The van der Waals surface area contributed by atoms with Crippen LogP contribution in [0.15, 0.2) is 40.6 Å². The number of benzene rings is 1. The molecule has 0 aliphatic heterocycles. The summed E-state index contributed by atoms with van der Waals surface area (Å²) >= 11 is 1.70. The maximum Gasteiger partial charge on any atom is 0.263 e. The van der Waals surface area contributed by atoms with Crippen LogP contribution in [0.5, 0.6) is 0 Å². The van der Waals surface area contributed by atoms with Crippen molar-refractivity contribution in [1.82, 2.24) is 14.9 Å². The molecule has 1 aromatic heterocycles. The maximum atomic E-state index is 5.51. The number of anilines is 1. The molecule has 3 N–H and O–H groups in total. The van der Waals surface area contributed by atoms with Gasteiger partial charge >= 0.3 is 0 Å². The zero-order chi connectivity index (χ0) is 12.1.